The number of hydrogen-bond acceptors (Lipinski definition) is 4. The van der Waals surface area contributed by atoms with Crippen LogP contribution in [0.15, 0.2) is 29.2 Å². The zero-order chi connectivity index (χ0) is 12.5. The van der Waals surface area contributed by atoms with Crippen LogP contribution in [0.4, 0.5) is 5.69 Å². The molecular formula is C11H17N3O2S. The molecule has 0 saturated carbocycles. The third kappa shape index (κ3) is 2.15. The number of sulfonamides is 1. The lowest BCUT2D eigenvalue weighted by Gasteiger charge is -2.22. The second kappa shape index (κ2) is 4.64. The molecule has 6 heteroatoms. The second-order valence-electron chi connectivity index (χ2n) is 4.25. The third-order valence-corrected chi connectivity index (χ3v) is 5.19. The van der Waals surface area contributed by atoms with Crippen molar-refractivity contribution in [1.29, 1.82) is 0 Å². The fourth-order valence-corrected chi connectivity index (χ4v) is 4.06. The summed E-state index contributed by atoms with van der Waals surface area (Å²) in [5.41, 5.74) is 2.87. The smallest absolute Gasteiger partial charge is 0.245 e. The molecular weight excluding hydrogens is 238 g/mol. The zero-order valence-corrected chi connectivity index (χ0v) is 10.6. The Morgan fingerprint density at radius 3 is 2.71 bits per heavy atom. The van der Waals surface area contributed by atoms with Gasteiger partial charge in [-0.25, -0.2) is 8.42 Å². The fourth-order valence-electron chi connectivity index (χ4n) is 2.20. The van der Waals surface area contributed by atoms with Crippen molar-refractivity contribution in [2.75, 3.05) is 12.0 Å². The van der Waals surface area contributed by atoms with E-state index in [2.05, 4.69) is 5.43 Å². The molecule has 5 nitrogen and oxygen atoms in total. The number of rotatable bonds is 3. The molecule has 0 amide bonds. The molecule has 0 spiro atoms. The van der Waals surface area contributed by atoms with E-state index in [4.69, 9.17) is 5.84 Å². The first-order chi connectivity index (χ1) is 8.07. The van der Waals surface area contributed by atoms with Crippen molar-refractivity contribution in [3.05, 3.63) is 24.3 Å². The Balaban J connectivity index is 2.44. The van der Waals surface area contributed by atoms with Gasteiger partial charge in [0.15, 0.2) is 0 Å². The summed E-state index contributed by atoms with van der Waals surface area (Å²) in [6.45, 7) is 2.52. The van der Waals surface area contributed by atoms with Crippen LogP contribution in [0.2, 0.25) is 0 Å². The molecule has 0 aliphatic carbocycles. The van der Waals surface area contributed by atoms with Gasteiger partial charge in [-0.3, -0.25) is 5.84 Å². The fraction of sp³-hybridized carbons (Fsp3) is 0.455. The molecule has 1 aromatic carbocycles. The van der Waals surface area contributed by atoms with Crippen LogP contribution in [-0.4, -0.2) is 25.3 Å². The van der Waals surface area contributed by atoms with Crippen LogP contribution < -0.4 is 11.3 Å². The van der Waals surface area contributed by atoms with Crippen LogP contribution in [0.3, 0.4) is 0 Å². The Labute approximate surface area is 102 Å². The van der Waals surface area contributed by atoms with E-state index in [1.807, 2.05) is 6.92 Å². The molecule has 1 saturated heterocycles. The van der Waals surface area contributed by atoms with Crippen molar-refractivity contribution in [3.63, 3.8) is 0 Å². The summed E-state index contributed by atoms with van der Waals surface area (Å²) in [5, 5.41) is 0. The molecule has 0 aromatic heterocycles. The second-order valence-corrected chi connectivity index (χ2v) is 6.11. The van der Waals surface area contributed by atoms with Crippen LogP contribution in [0.1, 0.15) is 19.8 Å². The van der Waals surface area contributed by atoms with Crippen molar-refractivity contribution in [3.8, 4) is 0 Å². The van der Waals surface area contributed by atoms with E-state index in [0.29, 0.717) is 12.2 Å². The number of nitrogens with zero attached hydrogens (tertiary/aromatic N) is 1. The number of nitrogens with one attached hydrogen (secondary N) is 1. The maximum atomic E-state index is 12.5. The molecule has 17 heavy (non-hydrogen) atoms. The highest BCUT2D eigenvalue weighted by atomic mass is 32.2. The summed E-state index contributed by atoms with van der Waals surface area (Å²) in [5.74, 6) is 5.35. The molecule has 1 atom stereocenters. The van der Waals surface area contributed by atoms with Gasteiger partial charge < -0.3 is 5.43 Å². The van der Waals surface area contributed by atoms with Crippen LogP contribution in [0, 0.1) is 0 Å². The first kappa shape index (κ1) is 12.3. The monoisotopic (exact) mass is 255 g/mol. The number of benzene rings is 1. The summed E-state index contributed by atoms with van der Waals surface area (Å²) in [7, 11) is -3.44. The largest absolute Gasteiger partial charge is 0.323 e. The van der Waals surface area contributed by atoms with Gasteiger partial charge in [0.05, 0.1) is 5.69 Å². The molecule has 1 unspecified atom stereocenters. The van der Waals surface area contributed by atoms with E-state index in [1.54, 1.807) is 28.6 Å². The maximum absolute atomic E-state index is 12.5. The molecule has 1 heterocycles. The predicted octanol–water partition coefficient (Wildman–Crippen LogP) is 1.15. The van der Waals surface area contributed by atoms with Gasteiger partial charge in [-0.2, -0.15) is 4.31 Å². The minimum Gasteiger partial charge on any atom is -0.323 e. The van der Waals surface area contributed by atoms with Crippen LogP contribution in [0.25, 0.3) is 0 Å². The lowest BCUT2D eigenvalue weighted by atomic mass is 10.3. The average molecular weight is 255 g/mol. The SMILES string of the molecule is CC1CCCN1S(=O)(=O)c1ccccc1NN. The molecule has 1 aliphatic rings. The minimum atomic E-state index is -3.44. The standard InChI is InChI=1S/C11H17N3O2S/c1-9-5-4-8-14(9)17(15,16)11-7-3-2-6-10(11)13-12/h2-3,6-7,9,13H,4-5,8,12H2,1H3. The Morgan fingerprint density at radius 1 is 1.41 bits per heavy atom. The number of nitrogens with two attached hydrogens (primary N) is 1. The van der Waals surface area contributed by atoms with Gasteiger partial charge >= 0.3 is 0 Å². The summed E-state index contributed by atoms with van der Waals surface area (Å²) in [6, 6.07) is 6.75. The van der Waals surface area contributed by atoms with Crippen LogP contribution in [-0.2, 0) is 10.0 Å². The zero-order valence-electron chi connectivity index (χ0n) is 9.76. The van der Waals surface area contributed by atoms with Gasteiger partial charge in [0.25, 0.3) is 0 Å². The first-order valence-corrected chi connectivity index (χ1v) is 7.09. The summed E-state index contributed by atoms with van der Waals surface area (Å²) in [4.78, 5) is 0.247. The van der Waals surface area contributed by atoms with Gasteiger partial charge in [-0.05, 0) is 31.9 Å². The average Bonchev–Trinajstić information content (AvgIpc) is 2.76. The van der Waals surface area contributed by atoms with E-state index >= 15 is 0 Å². The quantitative estimate of drug-likeness (QED) is 0.627. The number of anilines is 1. The summed E-state index contributed by atoms with van der Waals surface area (Å²) >= 11 is 0. The highest BCUT2D eigenvalue weighted by Gasteiger charge is 2.33. The maximum Gasteiger partial charge on any atom is 0.245 e. The highest BCUT2D eigenvalue weighted by Crippen LogP contribution is 2.29. The number of para-hydroxylation sites is 1. The third-order valence-electron chi connectivity index (χ3n) is 3.12. The normalized spacial score (nSPS) is 21.6. The molecule has 1 fully saturated rings. The molecule has 94 valence electrons. The molecule has 1 aliphatic heterocycles. The number of hydrazine groups is 1. The van der Waals surface area contributed by atoms with Crippen molar-refractivity contribution >= 4 is 15.7 Å². The number of nitrogen functional groups attached to an aromatic ring is 1. The highest BCUT2D eigenvalue weighted by molar-refractivity contribution is 7.89. The molecule has 3 N–H and O–H groups in total. The van der Waals surface area contributed by atoms with Crippen molar-refractivity contribution in [2.45, 2.75) is 30.7 Å². The van der Waals surface area contributed by atoms with Crippen molar-refractivity contribution < 1.29 is 8.42 Å². The molecule has 2 rings (SSSR count). The van der Waals surface area contributed by atoms with Gasteiger partial charge in [0, 0.05) is 12.6 Å². The summed E-state index contributed by atoms with van der Waals surface area (Å²) < 4.78 is 26.5. The summed E-state index contributed by atoms with van der Waals surface area (Å²) in [6.07, 6.45) is 1.83. The molecule has 1 aromatic rings. The van der Waals surface area contributed by atoms with E-state index in [1.165, 1.54) is 0 Å². The van der Waals surface area contributed by atoms with Gasteiger partial charge in [0.1, 0.15) is 4.90 Å². The van der Waals surface area contributed by atoms with Gasteiger partial charge in [-0.1, -0.05) is 12.1 Å². The van der Waals surface area contributed by atoms with E-state index < -0.39 is 10.0 Å². The van der Waals surface area contributed by atoms with Crippen LogP contribution >= 0.6 is 0 Å². The Hall–Kier alpha value is -1.11. The first-order valence-electron chi connectivity index (χ1n) is 5.65. The Kier molecular flexibility index (Phi) is 3.37. The van der Waals surface area contributed by atoms with Crippen molar-refractivity contribution in [2.24, 2.45) is 5.84 Å². The number of hydrogen-bond donors (Lipinski definition) is 2. The lowest BCUT2D eigenvalue weighted by molar-refractivity contribution is 0.408. The molecule has 0 radical (unpaired) electrons. The van der Waals surface area contributed by atoms with E-state index in [0.717, 1.165) is 12.8 Å². The Morgan fingerprint density at radius 2 is 2.12 bits per heavy atom. The minimum absolute atomic E-state index is 0.0610. The van der Waals surface area contributed by atoms with Crippen LogP contribution in [0.5, 0.6) is 0 Å². The van der Waals surface area contributed by atoms with Gasteiger partial charge in [-0.15, -0.1) is 0 Å². The van der Waals surface area contributed by atoms with E-state index in [-0.39, 0.29) is 10.9 Å². The van der Waals surface area contributed by atoms with E-state index in [9.17, 15) is 8.42 Å². The Bertz CT molecular complexity index is 501. The topological polar surface area (TPSA) is 75.4 Å². The molecule has 0 bridgehead atoms. The predicted molar refractivity (Wildman–Crippen MR) is 66.8 cm³/mol. The van der Waals surface area contributed by atoms with Crippen molar-refractivity contribution in [1.82, 2.24) is 4.31 Å². The lowest BCUT2D eigenvalue weighted by Crippen LogP contribution is -2.34. The van der Waals surface area contributed by atoms with Gasteiger partial charge in [0.2, 0.25) is 10.0 Å².